The Hall–Kier alpha value is -2.37. The molecular formula is C13H17N3O3. The Morgan fingerprint density at radius 3 is 2.84 bits per heavy atom. The van der Waals surface area contributed by atoms with Gasteiger partial charge in [0.25, 0.3) is 0 Å². The number of nitrogens with one attached hydrogen (secondary N) is 1. The number of rotatable bonds is 6. The molecule has 6 nitrogen and oxygen atoms in total. The van der Waals surface area contributed by atoms with Crippen LogP contribution in [0.2, 0.25) is 0 Å². The van der Waals surface area contributed by atoms with E-state index in [9.17, 15) is 10.0 Å². The molecule has 0 radical (unpaired) electrons. The predicted molar refractivity (Wildman–Crippen MR) is 70.7 cm³/mol. The van der Waals surface area contributed by atoms with Crippen molar-refractivity contribution in [1.29, 1.82) is 0 Å². The van der Waals surface area contributed by atoms with Gasteiger partial charge in [-0.05, 0) is 11.8 Å². The normalized spacial score (nSPS) is 10.9. The van der Waals surface area contributed by atoms with Crippen LogP contribution in [-0.2, 0) is 9.53 Å². The maximum atomic E-state index is 11.8. The standard InChI is InChI=1S/C13H17N3O3/c1-10-6-4-5-7-12(10)16(18)15-11(2)14-9-8-13(17)19-3/h4-7,14H,2,8-9H2,1,3H3/b16-15+. The van der Waals surface area contributed by atoms with Crippen molar-refractivity contribution in [2.45, 2.75) is 13.3 Å². The Bertz CT molecular complexity index is 498. The Balaban J connectivity index is 2.57. The van der Waals surface area contributed by atoms with Gasteiger partial charge in [0.15, 0.2) is 5.82 Å². The molecule has 1 N–H and O–H groups in total. The first kappa shape index (κ1) is 14.7. The van der Waals surface area contributed by atoms with Crippen LogP contribution in [0.1, 0.15) is 12.0 Å². The van der Waals surface area contributed by atoms with Crippen LogP contribution in [0.25, 0.3) is 0 Å². The molecule has 6 heteroatoms. The Morgan fingerprint density at radius 1 is 1.53 bits per heavy atom. The largest absolute Gasteiger partial charge is 0.594 e. The van der Waals surface area contributed by atoms with E-state index >= 15 is 0 Å². The highest BCUT2D eigenvalue weighted by Crippen LogP contribution is 2.17. The zero-order valence-electron chi connectivity index (χ0n) is 11.0. The molecule has 0 atom stereocenters. The molecule has 0 saturated carbocycles. The summed E-state index contributed by atoms with van der Waals surface area (Å²) in [5, 5.41) is 18.3. The second-order valence-electron chi connectivity index (χ2n) is 3.86. The van der Waals surface area contributed by atoms with Gasteiger partial charge in [-0.2, -0.15) is 0 Å². The number of hydrogen-bond acceptors (Lipinski definition) is 5. The van der Waals surface area contributed by atoms with Gasteiger partial charge in [-0.1, -0.05) is 24.8 Å². The molecule has 0 aliphatic rings. The summed E-state index contributed by atoms with van der Waals surface area (Å²) in [6.07, 6.45) is 0.189. The lowest BCUT2D eigenvalue weighted by Crippen LogP contribution is -2.17. The van der Waals surface area contributed by atoms with E-state index in [0.29, 0.717) is 17.1 Å². The van der Waals surface area contributed by atoms with E-state index in [4.69, 9.17) is 0 Å². The summed E-state index contributed by atoms with van der Waals surface area (Å²) in [6.45, 7) is 5.74. The summed E-state index contributed by atoms with van der Waals surface area (Å²) >= 11 is 0. The van der Waals surface area contributed by atoms with Gasteiger partial charge in [0.1, 0.15) is 0 Å². The van der Waals surface area contributed by atoms with Gasteiger partial charge in [0.2, 0.25) is 5.69 Å². The van der Waals surface area contributed by atoms with E-state index < -0.39 is 0 Å². The number of ether oxygens (including phenoxy) is 1. The Morgan fingerprint density at radius 2 is 2.21 bits per heavy atom. The minimum absolute atomic E-state index is 0.189. The van der Waals surface area contributed by atoms with Crippen molar-refractivity contribution in [3.05, 3.63) is 47.4 Å². The van der Waals surface area contributed by atoms with E-state index in [1.165, 1.54) is 7.11 Å². The van der Waals surface area contributed by atoms with Crippen LogP contribution in [0.5, 0.6) is 0 Å². The van der Waals surface area contributed by atoms with Crippen molar-refractivity contribution in [2.24, 2.45) is 5.11 Å². The average Bonchev–Trinajstić information content (AvgIpc) is 2.38. The van der Waals surface area contributed by atoms with Crippen molar-refractivity contribution in [1.82, 2.24) is 5.32 Å². The number of carbonyl (C=O) groups is 1. The fourth-order valence-corrected chi connectivity index (χ4v) is 1.39. The first-order chi connectivity index (χ1) is 9.04. The third-order valence-corrected chi connectivity index (χ3v) is 2.42. The van der Waals surface area contributed by atoms with Crippen LogP contribution >= 0.6 is 0 Å². The van der Waals surface area contributed by atoms with Gasteiger partial charge < -0.3 is 15.3 Å². The first-order valence-corrected chi connectivity index (χ1v) is 5.78. The maximum absolute atomic E-state index is 11.8. The molecule has 0 aliphatic heterocycles. The quantitative estimate of drug-likeness (QED) is 0.369. The van der Waals surface area contributed by atoms with E-state index in [0.717, 1.165) is 5.56 Å². The Kier molecular flexibility index (Phi) is 5.53. The fourth-order valence-electron chi connectivity index (χ4n) is 1.39. The van der Waals surface area contributed by atoms with Gasteiger partial charge in [-0.15, -0.1) is 0 Å². The number of carbonyl (C=O) groups excluding carboxylic acids is 1. The van der Waals surface area contributed by atoms with Crippen molar-refractivity contribution in [3.63, 3.8) is 0 Å². The number of hydrogen-bond donors (Lipinski definition) is 1. The van der Waals surface area contributed by atoms with E-state index in [-0.39, 0.29) is 18.2 Å². The summed E-state index contributed by atoms with van der Waals surface area (Å²) < 4.78 is 4.49. The van der Waals surface area contributed by atoms with Crippen molar-refractivity contribution in [3.8, 4) is 0 Å². The lowest BCUT2D eigenvalue weighted by atomic mass is 10.2. The van der Waals surface area contributed by atoms with Gasteiger partial charge in [-0.25, -0.2) is 0 Å². The molecule has 0 heterocycles. The summed E-state index contributed by atoms with van der Waals surface area (Å²) in [5.74, 6) is -0.139. The van der Waals surface area contributed by atoms with Crippen LogP contribution in [-0.4, -0.2) is 24.5 Å². The topological polar surface area (TPSA) is 76.8 Å². The van der Waals surface area contributed by atoms with Crippen molar-refractivity contribution in [2.75, 3.05) is 13.7 Å². The Labute approximate surface area is 112 Å². The monoisotopic (exact) mass is 263 g/mol. The van der Waals surface area contributed by atoms with Crippen LogP contribution in [0.15, 0.2) is 41.8 Å². The number of aryl methyl sites for hydroxylation is 1. The first-order valence-electron chi connectivity index (χ1n) is 5.78. The molecule has 0 spiro atoms. The van der Waals surface area contributed by atoms with E-state index in [1.807, 2.05) is 19.1 Å². The number of benzene rings is 1. The number of para-hydroxylation sites is 1. The molecule has 0 aliphatic carbocycles. The zero-order valence-corrected chi connectivity index (χ0v) is 11.0. The van der Waals surface area contributed by atoms with Crippen molar-refractivity contribution < 1.29 is 14.4 Å². The average molecular weight is 263 g/mol. The highest BCUT2D eigenvalue weighted by atomic mass is 16.5. The molecule has 0 fully saturated rings. The maximum Gasteiger partial charge on any atom is 0.307 e. The van der Waals surface area contributed by atoms with E-state index in [1.54, 1.807) is 12.1 Å². The van der Waals surface area contributed by atoms with E-state index in [2.05, 4.69) is 21.7 Å². The minimum Gasteiger partial charge on any atom is -0.594 e. The molecule has 0 bridgehead atoms. The molecule has 0 saturated heterocycles. The molecule has 19 heavy (non-hydrogen) atoms. The van der Waals surface area contributed by atoms with Gasteiger partial charge >= 0.3 is 5.97 Å². The van der Waals surface area contributed by atoms with Crippen LogP contribution in [0, 0.1) is 12.1 Å². The fraction of sp³-hybridized carbons (Fsp3) is 0.308. The lowest BCUT2D eigenvalue weighted by molar-refractivity contribution is -0.439. The number of nitrogens with zero attached hydrogens (tertiary/aromatic N) is 2. The molecule has 0 amide bonds. The lowest BCUT2D eigenvalue weighted by Gasteiger charge is -2.05. The third-order valence-electron chi connectivity index (χ3n) is 2.42. The second kappa shape index (κ2) is 7.15. The second-order valence-corrected chi connectivity index (χ2v) is 3.86. The smallest absolute Gasteiger partial charge is 0.307 e. The molecule has 1 aromatic rings. The highest BCUT2D eigenvalue weighted by molar-refractivity contribution is 5.69. The number of esters is 1. The summed E-state index contributed by atoms with van der Waals surface area (Å²) in [5.41, 5.74) is 1.28. The molecule has 0 aromatic heterocycles. The van der Waals surface area contributed by atoms with Gasteiger partial charge in [0, 0.05) is 23.3 Å². The summed E-state index contributed by atoms with van der Waals surface area (Å²) in [6, 6.07) is 7.10. The number of methoxy groups -OCH3 is 1. The van der Waals surface area contributed by atoms with Gasteiger partial charge in [0.05, 0.1) is 13.5 Å². The van der Waals surface area contributed by atoms with Gasteiger partial charge in [-0.3, -0.25) is 4.79 Å². The third kappa shape index (κ3) is 4.79. The molecule has 0 unspecified atom stereocenters. The highest BCUT2D eigenvalue weighted by Gasteiger charge is 2.08. The van der Waals surface area contributed by atoms with Crippen LogP contribution < -0.4 is 5.32 Å². The predicted octanol–water partition coefficient (Wildman–Crippen LogP) is 2.21. The number of azo groups is 1. The molecule has 1 aromatic carbocycles. The summed E-state index contributed by atoms with van der Waals surface area (Å²) in [7, 11) is 1.32. The SMILES string of the molecule is C=C(/N=[N+](/[O-])c1ccccc1C)NCCC(=O)OC. The summed E-state index contributed by atoms with van der Waals surface area (Å²) in [4.78, 5) is 11.4. The van der Waals surface area contributed by atoms with Crippen molar-refractivity contribution >= 4 is 11.7 Å². The van der Waals surface area contributed by atoms with Crippen LogP contribution in [0.4, 0.5) is 5.69 Å². The molecular weight excluding hydrogens is 246 g/mol. The van der Waals surface area contributed by atoms with Crippen LogP contribution in [0.3, 0.4) is 0 Å². The molecule has 1 rings (SSSR count). The molecule has 102 valence electrons. The minimum atomic E-state index is -0.335. The zero-order chi connectivity index (χ0) is 14.3.